The van der Waals surface area contributed by atoms with Crippen molar-refractivity contribution < 1.29 is 4.79 Å². The minimum Gasteiger partial charge on any atom is -0.325 e. The second-order valence-corrected chi connectivity index (χ2v) is 4.75. The first kappa shape index (κ1) is 11.9. The molecule has 1 heterocycles. The van der Waals surface area contributed by atoms with Crippen LogP contribution in [0, 0.1) is 0 Å². The number of aromatic nitrogens is 2. The molecule has 0 atom stereocenters. The molecule has 1 aliphatic rings. The smallest absolute Gasteiger partial charge is 0.238 e. The maximum Gasteiger partial charge on any atom is 0.238 e. The van der Waals surface area contributed by atoms with E-state index in [4.69, 9.17) is 0 Å². The minimum absolute atomic E-state index is 0.00110. The Kier molecular flexibility index (Phi) is 3.29. The molecule has 1 fully saturated rings. The van der Waals surface area contributed by atoms with Crippen molar-refractivity contribution in [3.05, 3.63) is 36.5 Å². The lowest BCUT2D eigenvalue weighted by Crippen LogP contribution is -2.29. The van der Waals surface area contributed by atoms with E-state index in [2.05, 4.69) is 20.8 Å². The molecule has 98 valence electrons. The third-order valence-electron chi connectivity index (χ3n) is 3.11. The molecule has 1 amide bonds. The summed E-state index contributed by atoms with van der Waals surface area (Å²) in [6.45, 7) is 0.382. The number of rotatable bonds is 5. The third kappa shape index (κ3) is 3.20. The highest BCUT2D eigenvalue weighted by Crippen LogP contribution is 2.19. The molecular weight excluding hydrogens is 240 g/mol. The van der Waals surface area contributed by atoms with E-state index in [0.29, 0.717) is 12.6 Å². The summed E-state index contributed by atoms with van der Waals surface area (Å²) in [4.78, 5) is 11.7. The van der Waals surface area contributed by atoms with Crippen LogP contribution in [-0.4, -0.2) is 28.7 Å². The van der Waals surface area contributed by atoms with Crippen LogP contribution in [0.3, 0.4) is 0 Å². The molecule has 0 saturated heterocycles. The van der Waals surface area contributed by atoms with Gasteiger partial charge in [-0.05, 0) is 36.6 Å². The standard InChI is InChI=1S/C14H16N4O/c19-14(9-15-11-5-6-11)17-12-3-1-10(2-4-12)13-7-8-16-18-13/h1-4,7-8,11,15H,5-6,9H2,(H,16,18)(H,17,19). The van der Waals surface area contributed by atoms with Crippen LogP contribution in [0.1, 0.15) is 12.8 Å². The number of aromatic amines is 1. The van der Waals surface area contributed by atoms with Crippen LogP contribution in [0.25, 0.3) is 11.3 Å². The van der Waals surface area contributed by atoms with Crippen molar-refractivity contribution in [1.82, 2.24) is 15.5 Å². The van der Waals surface area contributed by atoms with E-state index in [1.807, 2.05) is 30.3 Å². The van der Waals surface area contributed by atoms with Crippen LogP contribution >= 0.6 is 0 Å². The summed E-state index contributed by atoms with van der Waals surface area (Å²) in [7, 11) is 0. The molecule has 1 aromatic carbocycles. The predicted octanol–water partition coefficient (Wildman–Crippen LogP) is 1.77. The van der Waals surface area contributed by atoms with Gasteiger partial charge in [0.1, 0.15) is 0 Å². The van der Waals surface area contributed by atoms with Gasteiger partial charge in [0.05, 0.1) is 12.2 Å². The van der Waals surface area contributed by atoms with E-state index in [9.17, 15) is 4.79 Å². The molecule has 2 aromatic rings. The predicted molar refractivity (Wildman–Crippen MR) is 73.7 cm³/mol. The quantitative estimate of drug-likeness (QED) is 0.763. The number of carbonyl (C=O) groups is 1. The van der Waals surface area contributed by atoms with Crippen molar-refractivity contribution in [1.29, 1.82) is 0 Å². The molecule has 0 bridgehead atoms. The van der Waals surface area contributed by atoms with Crippen LogP contribution in [0.5, 0.6) is 0 Å². The monoisotopic (exact) mass is 256 g/mol. The first-order chi connectivity index (χ1) is 9.31. The van der Waals surface area contributed by atoms with E-state index in [0.717, 1.165) is 16.9 Å². The van der Waals surface area contributed by atoms with Crippen LogP contribution in [0.15, 0.2) is 36.5 Å². The zero-order valence-electron chi connectivity index (χ0n) is 10.5. The molecule has 5 heteroatoms. The maximum atomic E-state index is 11.7. The third-order valence-corrected chi connectivity index (χ3v) is 3.11. The molecule has 3 N–H and O–H groups in total. The number of benzene rings is 1. The Morgan fingerprint density at radius 1 is 1.26 bits per heavy atom. The first-order valence-electron chi connectivity index (χ1n) is 6.44. The Bertz CT molecular complexity index is 543. The number of anilines is 1. The van der Waals surface area contributed by atoms with E-state index in [-0.39, 0.29) is 5.91 Å². The van der Waals surface area contributed by atoms with Crippen LogP contribution in [0.2, 0.25) is 0 Å². The summed E-state index contributed by atoms with van der Waals surface area (Å²) in [6.07, 6.45) is 4.09. The Morgan fingerprint density at radius 3 is 2.68 bits per heavy atom. The number of carbonyl (C=O) groups excluding carboxylic acids is 1. The largest absolute Gasteiger partial charge is 0.325 e. The van der Waals surface area contributed by atoms with E-state index < -0.39 is 0 Å². The topological polar surface area (TPSA) is 69.8 Å². The Balaban J connectivity index is 1.57. The van der Waals surface area contributed by atoms with Crippen LogP contribution in [-0.2, 0) is 4.79 Å². The number of nitrogens with one attached hydrogen (secondary N) is 3. The fourth-order valence-electron chi connectivity index (χ4n) is 1.88. The zero-order chi connectivity index (χ0) is 13.1. The van der Waals surface area contributed by atoms with Crippen molar-refractivity contribution in [2.45, 2.75) is 18.9 Å². The van der Waals surface area contributed by atoms with Gasteiger partial charge in [-0.25, -0.2) is 0 Å². The molecule has 0 aliphatic heterocycles. The fraction of sp³-hybridized carbons (Fsp3) is 0.286. The molecule has 1 aromatic heterocycles. The van der Waals surface area contributed by atoms with Gasteiger partial charge in [0.15, 0.2) is 0 Å². The van der Waals surface area contributed by atoms with Gasteiger partial charge in [-0.15, -0.1) is 0 Å². The molecular formula is C14H16N4O. The summed E-state index contributed by atoms with van der Waals surface area (Å²) >= 11 is 0. The summed E-state index contributed by atoms with van der Waals surface area (Å²) in [6, 6.07) is 10.2. The Hall–Kier alpha value is -2.14. The van der Waals surface area contributed by atoms with Gasteiger partial charge < -0.3 is 10.6 Å². The SMILES string of the molecule is O=C(CNC1CC1)Nc1ccc(-c2ccn[nH]2)cc1. The number of H-pyrrole nitrogens is 1. The molecule has 0 unspecified atom stereocenters. The van der Waals surface area contributed by atoms with Crippen molar-refractivity contribution in [3.63, 3.8) is 0 Å². The van der Waals surface area contributed by atoms with Gasteiger partial charge in [0, 0.05) is 17.9 Å². The zero-order valence-corrected chi connectivity index (χ0v) is 10.5. The summed E-state index contributed by atoms with van der Waals surface area (Å²) in [5.41, 5.74) is 2.82. The molecule has 19 heavy (non-hydrogen) atoms. The van der Waals surface area contributed by atoms with E-state index >= 15 is 0 Å². The van der Waals surface area contributed by atoms with Gasteiger partial charge in [-0.1, -0.05) is 12.1 Å². The second-order valence-electron chi connectivity index (χ2n) is 4.75. The van der Waals surface area contributed by atoms with Crippen molar-refractivity contribution >= 4 is 11.6 Å². The molecule has 0 radical (unpaired) electrons. The van der Waals surface area contributed by atoms with Gasteiger partial charge in [-0.3, -0.25) is 9.89 Å². The molecule has 1 aliphatic carbocycles. The highest BCUT2D eigenvalue weighted by atomic mass is 16.1. The lowest BCUT2D eigenvalue weighted by Gasteiger charge is -2.06. The Labute approximate surface area is 111 Å². The Morgan fingerprint density at radius 2 is 2.05 bits per heavy atom. The fourth-order valence-corrected chi connectivity index (χ4v) is 1.88. The van der Waals surface area contributed by atoms with Gasteiger partial charge >= 0.3 is 0 Å². The lowest BCUT2D eigenvalue weighted by molar-refractivity contribution is -0.115. The van der Waals surface area contributed by atoms with Gasteiger partial charge in [0.2, 0.25) is 5.91 Å². The summed E-state index contributed by atoms with van der Waals surface area (Å²) in [5.74, 6) is 0.00110. The highest BCUT2D eigenvalue weighted by Gasteiger charge is 2.21. The molecule has 0 spiro atoms. The number of hydrogen-bond acceptors (Lipinski definition) is 3. The van der Waals surface area contributed by atoms with Crippen LogP contribution < -0.4 is 10.6 Å². The maximum absolute atomic E-state index is 11.7. The van der Waals surface area contributed by atoms with Crippen molar-refractivity contribution in [2.24, 2.45) is 0 Å². The van der Waals surface area contributed by atoms with E-state index in [1.165, 1.54) is 12.8 Å². The van der Waals surface area contributed by atoms with Crippen molar-refractivity contribution in [3.8, 4) is 11.3 Å². The molecule has 5 nitrogen and oxygen atoms in total. The molecule has 1 saturated carbocycles. The summed E-state index contributed by atoms with van der Waals surface area (Å²) in [5, 5.41) is 12.9. The van der Waals surface area contributed by atoms with Crippen LogP contribution in [0.4, 0.5) is 5.69 Å². The number of hydrogen-bond donors (Lipinski definition) is 3. The minimum atomic E-state index is 0.00110. The lowest BCUT2D eigenvalue weighted by atomic mass is 10.1. The van der Waals surface area contributed by atoms with Gasteiger partial charge in [0.25, 0.3) is 0 Å². The van der Waals surface area contributed by atoms with E-state index in [1.54, 1.807) is 6.20 Å². The second kappa shape index (κ2) is 5.24. The highest BCUT2D eigenvalue weighted by molar-refractivity contribution is 5.92. The van der Waals surface area contributed by atoms with Gasteiger partial charge in [-0.2, -0.15) is 5.10 Å². The first-order valence-corrected chi connectivity index (χ1v) is 6.44. The normalized spacial score (nSPS) is 14.3. The summed E-state index contributed by atoms with van der Waals surface area (Å²) < 4.78 is 0. The average molecular weight is 256 g/mol. The van der Waals surface area contributed by atoms with Crippen molar-refractivity contribution in [2.75, 3.05) is 11.9 Å². The average Bonchev–Trinajstić information content (AvgIpc) is 3.10. The number of amides is 1. The molecule has 3 rings (SSSR count). The number of nitrogens with zero attached hydrogens (tertiary/aromatic N) is 1.